The minimum absolute atomic E-state index is 0.115. The van der Waals surface area contributed by atoms with Crippen molar-refractivity contribution < 1.29 is 4.79 Å². The fourth-order valence-electron chi connectivity index (χ4n) is 1.27. The molecule has 0 aliphatic carbocycles. The molecule has 0 unspecified atom stereocenters. The van der Waals surface area contributed by atoms with Gasteiger partial charge in [0.05, 0.1) is 11.9 Å². The molecular formula is C11H24N4O. The highest BCUT2D eigenvalue weighted by atomic mass is 16.2. The van der Waals surface area contributed by atoms with E-state index in [1.54, 1.807) is 0 Å². The van der Waals surface area contributed by atoms with E-state index in [0.29, 0.717) is 12.8 Å². The summed E-state index contributed by atoms with van der Waals surface area (Å²) in [5.74, 6) is 0.0723. The zero-order valence-electron chi connectivity index (χ0n) is 10.5. The van der Waals surface area contributed by atoms with Gasteiger partial charge < -0.3 is 16.8 Å². The first-order valence-electron chi connectivity index (χ1n) is 5.63. The summed E-state index contributed by atoms with van der Waals surface area (Å²) in [4.78, 5) is 11.6. The Morgan fingerprint density at radius 2 is 1.94 bits per heavy atom. The van der Waals surface area contributed by atoms with Crippen LogP contribution in [0.5, 0.6) is 0 Å². The molecule has 94 valence electrons. The molecule has 1 atom stereocenters. The largest absolute Gasteiger partial charge is 0.388 e. The van der Waals surface area contributed by atoms with E-state index >= 15 is 0 Å². The van der Waals surface area contributed by atoms with Crippen molar-refractivity contribution >= 4 is 11.7 Å². The molecule has 0 aromatic rings. The average Bonchev–Trinajstić information content (AvgIpc) is 2.08. The maximum Gasteiger partial charge on any atom is 0.237 e. The Hall–Kier alpha value is -1.10. The van der Waals surface area contributed by atoms with Crippen LogP contribution in [0, 0.1) is 5.41 Å². The van der Waals surface area contributed by atoms with Crippen molar-refractivity contribution in [2.45, 2.75) is 58.0 Å². The first-order valence-corrected chi connectivity index (χ1v) is 5.63. The van der Waals surface area contributed by atoms with Crippen molar-refractivity contribution in [1.82, 2.24) is 5.32 Å². The van der Waals surface area contributed by atoms with Crippen molar-refractivity contribution in [2.24, 2.45) is 11.5 Å². The number of carbonyl (C=O) groups is 1. The van der Waals surface area contributed by atoms with E-state index in [9.17, 15) is 4.79 Å². The number of nitrogens with one attached hydrogen (secondary N) is 2. The molecule has 5 heteroatoms. The summed E-state index contributed by atoms with van der Waals surface area (Å²) in [7, 11) is 0. The molecule has 0 aliphatic heterocycles. The predicted octanol–water partition coefficient (Wildman–Crippen LogP) is 0.725. The van der Waals surface area contributed by atoms with E-state index in [2.05, 4.69) is 5.32 Å². The number of hydrogen-bond donors (Lipinski definition) is 4. The third-order valence-electron chi connectivity index (χ3n) is 2.05. The molecule has 0 fully saturated rings. The van der Waals surface area contributed by atoms with E-state index in [-0.39, 0.29) is 17.3 Å². The molecular weight excluding hydrogens is 204 g/mol. The molecule has 0 bridgehead atoms. The maximum atomic E-state index is 11.6. The first kappa shape index (κ1) is 14.9. The van der Waals surface area contributed by atoms with Crippen molar-refractivity contribution in [3.05, 3.63) is 0 Å². The molecule has 0 radical (unpaired) electrons. The van der Waals surface area contributed by atoms with E-state index in [1.807, 2.05) is 20.8 Å². The summed E-state index contributed by atoms with van der Waals surface area (Å²) in [6, 6.07) is -0.466. The highest BCUT2D eigenvalue weighted by Gasteiger charge is 2.18. The monoisotopic (exact) mass is 228 g/mol. The molecule has 0 saturated carbocycles. The minimum atomic E-state index is -0.466. The number of amidine groups is 1. The number of unbranched alkanes of at least 4 members (excludes halogenated alkanes) is 1. The van der Waals surface area contributed by atoms with Crippen LogP contribution >= 0.6 is 0 Å². The second-order valence-corrected chi connectivity index (χ2v) is 5.12. The number of carbonyl (C=O) groups excluding carboxylic acids is 1. The molecule has 1 amide bonds. The summed E-state index contributed by atoms with van der Waals surface area (Å²) < 4.78 is 0. The molecule has 6 N–H and O–H groups in total. The molecule has 0 saturated heterocycles. The summed E-state index contributed by atoms with van der Waals surface area (Å²) in [5.41, 5.74) is 10.7. The quantitative estimate of drug-likeness (QED) is 0.306. The van der Waals surface area contributed by atoms with E-state index < -0.39 is 6.04 Å². The fourth-order valence-corrected chi connectivity index (χ4v) is 1.27. The van der Waals surface area contributed by atoms with Gasteiger partial charge in [-0.2, -0.15) is 0 Å². The van der Waals surface area contributed by atoms with Crippen molar-refractivity contribution in [2.75, 3.05) is 0 Å². The van der Waals surface area contributed by atoms with E-state index in [4.69, 9.17) is 16.9 Å². The smallest absolute Gasteiger partial charge is 0.237 e. The van der Waals surface area contributed by atoms with Crippen LogP contribution in [0.15, 0.2) is 0 Å². The van der Waals surface area contributed by atoms with Crippen LogP contribution in [0.25, 0.3) is 0 Å². The van der Waals surface area contributed by atoms with E-state index in [0.717, 1.165) is 12.8 Å². The molecule has 5 nitrogen and oxygen atoms in total. The number of nitrogens with two attached hydrogens (primary N) is 2. The van der Waals surface area contributed by atoms with Crippen molar-refractivity contribution in [3.63, 3.8) is 0 Å². The highest BCUT2D eigenvalue weighted by molar-refractivity contribution is 5.82. The van der Waals surface area contributed by atoms with Crippen LogP contribution in [-0.2, 0) is 4.79 Å². The normalized spacial score (nSPS) is 13.2. The SMILES string of the molecule is CC(C)(C)NC(=O)[C@H](N)CCCCC(=N)N. The third kappa shape index (κ3) is 8.23. The molecule has 0 aromatic carbocycles. The van der Waals surface area contributed by atoms with Gasteiger partial charge in [-0.1, -0.05) is 6.42 Å². The lowest BCUT2D eigenvalue weighted by atomic mass is 10.0. The number of rotatable bonds is 6. The lowest BCUT2D eigenvalue weighted by Gasteiger charge is -2.23. The van der Waals surface area contributed by atoms with Gasteiger partial charge in [0.2, 0.25) is 5.91 Å². The van der Waals surface area contributed by atoms with Crippen LogP contribution in [-0.4, -0.2) is 23.3 Å². The topological polar surface area (TPSA) is 105 Å². The summed E-state index contributed by atoms with van der Waals surface area (Å²) >= 11 is 0. The molecule has 0 heterocycles. The van der Waals surface area contributed by atoms with Crippen molar-refractivity contribution in [1.29, 1.82) is 5.41 Å². The average molecular weight is 228 g/mol. The van der Waals surface area contributed by atoms with Crippen LogP contribution in [0.1, 0.15) is 46.5 Å². The van der Waals surface area contributed by atoms with Gasteiger partial charge in [0.15, 0.2) is 0 Å². The highest BCUT2D eigenvalue weighted by Crippen LogP contribution is 2.04. The van der Waals surface area contributed by atoms with Gasteiger partial charge in [-0.3, -0.25) is 10.2 Å². The summed E-state index contributed by atoms with van der Waals surface area (Å²) in [6.45, 7) is 5.77. The molecule has 0 spiro atoms. The van der Waals surface area contributed by atoms with Gasteiger partial charge in [-0.05, 0) is 33.6 Å². The lowest BCUT2D eigenvalue weighted by Crippen LogP contribution is -2.48. The van der Waals surface area contributed by atoms with Gasteiger partial charge in [0.1, 0.15) is 0 Å². The predicted molar refractivity (Wildman–Crippen MR) is 66.3 cm³/mol. The Kier molecular flexibility index (Phi) is 6.03. The number of hydrogen-bond acceptors (Lipinski definition) is 3. The first-order chi connectivity index (χ1) is 7.22. The van der Waals surface area contributed by atoms with Gasteiger partial charge in [-0.25, -0.2) is 0 Å². The Balaban J connectivity index is 3.76. The van der Waals surface area contributed by atoms with Gasteiger partial charge in [0.25, 0.3) is 0 Å². The van der Waals surface area contributed by atoms with Gasteiger partial charge in [0, 0.05) is 12.0 Å². The Labute approximate surface area is 97.5 Å². The van der Waals surface area contributed by atoms with Gasteiger partial charge in [-0.15, -0.1) is 0 Å². The summed E-state index contributed by atoms with van der Waals surface area (Å²) in [5, 5.41) is 9.89. The standard InChI is InChI=1S/C11H24N4O/c1-11(2,3)15-10(16)8(12)6-4-5-7-9(13)14/h8H,4-7,12H2,1-3H3,(H3,13,14)(H,15,16)/t8-/m1/s1. The van der Waals surface area contributed by atoms with Gasteiger partial charge >= 0.3 is 0 Å². The maximum absolute atomic E-state index is 11.6. The van der Waals surface area contributed by atoms with Crippen molar-refractivity contribution in [3.8, 4) is 0 Å². The Bertz CT molecular complexity index is 245. The zero-order chi connectivity index (χ0) is 12.8. The Morgan fingerprint density at radius 3 is 2.38 bits per heavy atom. The van der Waals surface area contributed by atoms with Crippen LogP contribution in [0.4, 0.5) is 0 Å². The number of amides is 1. The second-order valence-electron chi connectivity index (χ2n) is 5.12. The molecule has 16 heavy (non-hydrogen) atoms. The fraction of sp³-hybridized carbons (Fsp3) is 0.818. The van der Waals surface area contributed by atoms with Crippen LogP contribution in [0.2, 0.25) is 0 Å². The van der Waals surface area contributed by atoms with Crippen LogP contribution in [0.3, 0.4) is 0 Å². The second kappa shape index (κ2) is 6.48. The zero-order valence-corrected chi connectivity index (χ0v) is 10.5. The minimum Gasteiger partial charge on any atom is -0.388 e. The van der Waals surface area contributed by atoms with E-state index in [1.165, 1.54) is 0 Å². The molecule has 0 aliphatic rings. The molecule has 0 rings (SSSR count). The van der Waals surface area contributed by atoms with Crippen LogP contribution < -0.4 is 16.8 Å². The third-order valence-corrected chi connectivity index (χ3v) is 2.05. The lowest BCUT2D eigenvalue weighted by molar-refractivity contribution is -0.123. The Morgan fingerprint density at radius 1 is 1.38 bits per heavy atom. The molecule has 0 aromatic heterocycles. The summed E-state index contributed by atoms with van der Waals surface area (Å²) in [6.07, 6.45) is 2.84.